The van der Waals surface area contributed by atoms with Crippen LogP contribution in [0.1, 0.15) is 33.6 Å². The Morgan fingerprint density at radius 1 is 1.33 bits per heavy atom. The maximum absolute atomic E-state index is 12.5. The van der Waals surface area contributed by atoms with E-state index in [1.807, 2.05) is 0 Å². The number of rotatable bonds is 3. The van der Waals surface area contributed by atoms with E-state index in [4.69, 9.17) is 4.74 Å². The van der Waals surface area contributed by atoms with E-state index in [1.165, 1.54) is 4.90 Å². The van der Waals surface area contributed by atoms with E-state index in [1.54, 1.807) is 51.3 Å². The second kappa shape index (κ2) is 7.34. The molecule has 0 spiro atoms. The number of carbonyl (C=O) groups is 2. The van der Waals surface area contributed by atoms with Gasteiger partial charge in [-0.05, 0) is 51.8 Å². The van der Waals surface area contributed by atoms with Crippen molar-refractivity contribution in [2.45, 2.75) is 50.2 Å². The van der Waals surface area contributed by atoms with Crippen LogP contribution in [0.5, 0.6) is 0 Å². The van der Waals surface area contributed by atoms with Crippen molar-refractivity contribution in [3.8, 4) is 0 Å². The first-order valence-electron chi connectivity index (χ1n) is 7.91. The molecule has 0 radical (unpaired) electrons. The Labute approximate surface area is 145 Å². The number of carbonyl (C=O) groups excluding carboxylic acids is 2. The molecular formula is C17H24N2O4S. The largest absolute Gasteiger partial charge is 0.444 e. The van der Waals surface area contributed by atoms with E-state index < -0.39 is 28.5 Å². The van der Waals surface area contributed by atoms with E-state index in [2.05, 4.69) is 5.32 Å². The fourth-order valence-corrected chi connectivity index (χ4v) is 3.12. The number of anilines is 1. The van der Waals surface area contributed by atoms with Crippen LogP contribution in [0.3, 0.4) is 0 Å². The quantitative estimate of drug-likeness (QED) is 0.907. The summed E-state index contributed by atoms with van der Waals surface area (Å²) in [5.41, 5.74) is -0.0241. The Kier molecular flexibility index (Phi) is 5.64. The van der Waals surface area contributed by atoms with Crippen LogP contribution in [0.25, 0.3) is 0 Å². The number of amides is 2. The van der Waals surface area contributed by atoms with Crippen molar-refractivity contribution in [2.24, 2.45) is 0 Å². The number of hydrogen-bond donors (Lipinski definition) is 1. The summed E-state index contributed by atoms with van der Waals surface area (Å²) in [6, 6.07) is 6.36. The average Bonchev–Trinajstić information content (AvgIpc) is 2.95. The van der Waals surface area contributed by atoms with Gasteiger partial charge in [0.2, 0.25) is 5.91 Å². The molecule has 2 amide bonds. The van der Waals surface area contributed by atoms with Gasteiger partial charge >= 0.3 is 6.09 Å². The Morgan fingerprint density at radius 3 is 2.67 bits per heavy atom. The number of nitrogens with one attached hydrogen (secondary N) is 1. The van der Waals surface area contributed by atoms with Crippen molar-refractivity contribution in [2.75, 3.05) is 18.1 Å². The molecule has 24 heavy (non-hydrogen) atoms. The monoisotopic (exact) mass is 352 g/mol. The maximum atomic E-state index is 12.5. The lowest BCUT2D eigenvalue weighted by atomic mass is 10.2. The van der Waals surface area contributed by atoms with Gasteiger partial charge in [-0.15, -0.1) is 0 Å². The summed E-state index contributed by atoms with van der Waals surface area (Å²) in [5, 5.41) is 2.80. The summed E-state index contributed by atoms with van der Waals surface area (Å²) >= 11 is 0. The predicted molar refractivity (Wildman–Crippen MR) is 93.4 cm³/mol. The first-order chi connectivity index (χ1) is 11.2. The van der Waals surface area contributed by atoms with Gasteiger partial charge in [-0.25, -0.2) is 4.79 Å². The van der Waals surface area contributed by atoms with E-state index in [-0.39, 0.29) is 5.91 Å². The van der Waals surface area contributed by atoms with E-state index in [0.29, 0.717) is 23.5 Å². The fourth-order valence-electron chi connectivity index (χ4n) is 2.56. The minimum Gasteiger partial charge on any atom is -0.444 e. The van der Waals surface area contributed by atoms with Gasteiger partial charge in [0.15, 0.2) is 0 Å². The number of hydrogen-bond acceptors (Lipinski definition) is 4. The zero-order valence-corrected chi connectivity index (χ0v) is 15.3. The minimum absolute atomic E-state index is 0.252. The molecule has 6 nitrogen and oxygen atoms in total. The predicted octanol–water partition coefficient (Wildman–Crippen LogP) is 2.76. The standard InChI is InChI=1S/C17H24N2O4S/c1-17(2,3)23-16(21)19-10-6-9-14(19)15(20)18-12-7-5-8-13(11-12)24(4)22/h5,7-8,11,14H,6,9-10H2,1-4H3,(H,18,20)/t14-,24-/m1/s1. The summed E-state index contributed by atoms with van der Waals surface area (Å²) in [4.78, 5) is 26.9. The molecule has 2 atom stereocenters. The molecule has 0 bridgehead atoms. The van der Waals surface area contributed by atoms with Gasteiger partial charge in [-0.2, -0.15) is 0 Å². The Hall–Kier alpha value is -1.89. The molecule has 7 heteroatoms. The van der Waals surface area contributed by atoms with Gasteiger partial charge in [0.1, 0.15) is 11.6 Å². The smallest absolute Gasteiger partial charge is 0.410 e. The summed E-state index contributed by atoms with van der Waals surface area (Å²) < 4.78 is 16.9. The highest BCUT2D eigenvalue weighted by Crippen LogP contribution is 2.22. The molecule has 1 saturated heterocycles. The molecule has 2 rings (SSSR count). The molecule has 1 heterocycles. The normalized spacial score (nSPS) is 19.0. The Bertz CT molecular complexity index is 654. The second-order valence-corrected chi connectivity index (χ2v) is 8.18. The summed E-state index contributed by atoms with van der Waals surface area (Å²) in [5.74, 6) is -0.252. The van der Waals surface area contributed by atoms with Gasteiger partial charge < -0.3 is 10.1 Å². The first-order valence-corrected chi connectivity index (χ1v) is 9.47. The number of benzene rings is 1. The third-order valence-corrected chi connectivity index (χ3v) is 4.53. The van der Waals surface area contributed by atoms with Gasteiger partial charge in [0.05, 0.1) is 0 Å². The molecule has 1 fully saturated rings. The van der Waals surface area contributed by atoms with Crippen molar-refractivity contribution in [3.05, 3.63) is 24.3 Å². The van der Waals surface area contributed by atoms with Crippen LogP contribution in [-0.2, 0) is 20.3 Å². The molecular weight excluding hydrogens is 328 g/mol. The minimum atomic E-state index is -1.12. The van der Waals surface area contributed by atoms with Gasteiger partial charge in [0, 0.05) is 34.2 Å². The van der Waals surface area contributed by atoms with Gasteiger partial charge in [0.25, 0.3) is 0 Å². The van der Waals surface area contributed by atoms with Crippen molar-refractivity contribution in [3.63, 3.8) is 0 Å². The highest BCUT2D eigenvalue weighted by Gasteiger charge is 2.36. The maximum Gasteiger partial charge on any atom is 0.410 e. The van der Waals surface area contributed by atoms with Crippen LogP contribution < -0.4 is 5.32 Å². The van der Waals surface area contributed by atoms with E-state index in [0.717, 1.165) is 6.42 Å². The second-order valence-electron chi connectivity index (χ2n) is 6.80. The Morgan fingerprint density at radius 2 is 2.04 bits per heavy atom. The third-order valence-electron chi connectivity index (χ3n) is 3.62. The van der Waals surface area contributed by atoms with Crippen molar-refractivity contribution in [1.29, 1.82) is 0 Å². The molecule has 132 valence electrons. The zero-order valence-electron chi connectivity index (χ0n) is 14.5. The van der Waals surface area contributed by atoms with Crippen LogP contribution in [0.2, 0.25) is 0 Å². The van der Waals surface area contributed by atoms with Gasteiger partial charge in [-0.3, -0.25) is 13.9 Å². The molecule has 1 aromatic carbocycles. The van der Waals surface area contributed by atoms with Crippen LogP contribution in [-0.4, -0.2) is 45.6 Å². The number of nitrogens with zero attached hydrogens (tertiary/aromatic N) is 1. The summed E-state index contributed by atoms with van der Waals surface area (Å²) in [6.07, 6.45) is 2.48. The first kappa shape index (κ1) is 18.4. The van der Waals surface area contributed by atoms with E-state index >= 15 is 0 Å². The molecule has 1 aliphatic heterocycles. The topological polar surface area (TPSA) is 75.7 Å². The fraction of sp³-hybridized carbons (Fsp3) is 0.529. The Balaban J connectivity index is 2.07. The van der Waals surface area contributed by atoms with Crippen LogP contribution >= 0.6 is 0 Å². The van der Waals surface area contributed by atoms with Gasteiger partial charge in [-0.1, -0.05) is 6.07 Å². The number of ether oxygens (including phenoxy) is 1. The highest BCUT2D eigenvalue weighted by atomic mass is 32.2. The highest BCUT2D eigenvalue weighted by molar-refractivity contribution is 7.84. The zero-order chi connectivity index (χ0) is 17.9. The van der Waals surface area contributed by atoms with Crippen LogP contribution in [0.4, 0.5) is 10.5 Å². The van der Waals surface area contributed by atoms with E-state index in [9.17, 15) is 13.8 Å². The lowest BCUT2D eigenvalue weighted by Gasteiger charge is -2.28. The SMILES string of the molecule is C[S@@](=O)c1cccc(NC(=O)[C@H]2CCCN2C(=O)OC(C)(C)C)c1. The lowest BCUT2D eigenvalue weighted by molar-refractivity contribution is -0.120. The molecule has 1 aliphatic rings. The molecule has 0 aromatic heterocycles. The average molecular weight is 352 g/mol. The lowest BCUT2D eigenvalue weighted by Crippen LogP contribution is -2.45. The molecule has 1 N–H and O–H groups in total. The van der Waals surface area contributed by atoms with Crippen LogP contribution in [0.15, 0.2) is 29.2 Å². The molecule has 1 aromatic rings. The molecule has 0 aliphatic carbocycles. The molecule has 0 saturated carbocycles. The van der Waals surface area contributed by atoms with Crippen LogP contribution in [0, 0.1) is 0 Å². The third kappa shape index (κ3) is 4.80. The van der Waals surface area contributed by atoms with Crippen molar-refractivity contribution < 1.29 is 18.5 Å². The van der Waals surface area contributed by atoms with Crippen molar-refractivity contribution >= 4 is 28.5 Å². The van der Waals surface area contributed by atoms with Crippen molar-refractivity contribution in [1.82, 2.24) is 4.90 Å². The molecule has 0 unspecified atom stereocenters. The summed E-state index contributed by atoms with van der Waals surface area (Å²) in [7, 11) is -1.12. The summed E-state index contributed by atoms with van der Waals surface area (Å²) in [6.45, 7) is 5.90. The number of likely N-dealkylation sites (tertiary alicyclic amines) is 1.